The Balaban J connectivity index is 3.83. The maximum Gasteiger partial charge on any atom is 0.212 e. The fraction of sp³-hybridized carbons (Fsp3) is 1.00. The number of azide groups is 1. The summed E-state index contributed by atoms with van der Waals surface area (Å²) in [6.07, 6.45) is 2.11. The predicted octanol–water partition coefficient (Wildman–Crippen LogP) is 0.0409. The van der Waals surface area contributed by atoms with Crippen molar-refractivity contribution in [3.8, 4) is 0 Å². The van der Waals surface area contributed by atoms with Crippen LogP contribution < -0.4 is 4.72 Å². The number of sulfonamides is 1. The van der Waals surface area contributed by atoms with Crippen molar-refractivity contribution in [1.29, 1.82) is 0 Å². The van der Waals surface area contributed by atoms with E-state index in [-0.39, 0.29) is 12.3 Å². The van der Waals surface area contributed by atoms with Gasteiger partial charge in [0.1, 0.15) is 9.84 Å². The van der Waals surface area contributed by atoms with Gasteiger partial charge in [-0.1, -0.05) is 5.11 Å². The van der Waals surface area contributed by atoms with Gasteiger partial charge in [0.25, 0.3) is 0 Å². The Labute approximate surface area is 101 Å². The lowest BCUT2D eigenvalue weighted by atomic mass is 10.3. The molecule has 1 N–H and O–H groups in total. The highest BCUT2D eigenvalue weighted by Gasteiger charge is 2.13. The molecule has 100 valence electrons. The van der Waals surface area contributed by atoms with Gasteiger partial charge in [0.15, 0.2) is 0 Å². The highest BCUT2D eigenvalue weighted by molar-refractivity contribution is 7.93. The quantitative estimate of drug-likeness (QED) is 0.277. The van der Waals surface area contributed by atoms with Crippen LogP contribution in [0.4, 0.5) is 0 Å². The molecule has 0 spiro atoms. The van der Waals surface area contributed by atoms with Gasteiger partial charge in [-0.05, 0) is 18.4 Å². The number of rotatable bonds is 9. The van der Waals surface area contributed by atoms with Gasteiger partial charge in [-0.2, -0.15) is 0 Å². The lowest BCUT2D eigenvalue weighted by molar-refractivity contribution is 0.575. The van der Waals surface area contributed by atoms with E-state index in [1.807, 2.05) is 0 Å². The van der Waals surface area contributed by atoms with Gasteiger partial charge in [0.2, 0.25) is 10.0 Å². The highest BCUT2D eigenvalue weighted by atomic mass is 32.2. The number of nitrogens with one attached hydrogen (secondary N) is 1. The average molecular weight is 284 g/mol. The zero-order valence-corrected chi connectivity index (χ0v) is 11.2. The van der Waals surface area contributed by atoms with Crippen LogP contribution in [-0.4, -0.2) is 47.7 Å². The zero-order chi connectivity index (χ0) is 13.4. The van der Waals surface area contributed by atoms with E-state index in [9.17, 15) is 16.8 Å². The van der Waals surface area contributed by atoms with Crippen molar-refractivity contribution in [1.82, 2.24) is 4.72 Å². The molecule has 0 fully saturated rings. The van der Waals surface area contributed by atoms with Gasteiger partial charge >= 0.3 is 0 Å². The molecule has 0 amide bonds. The largest absolute Gasteiger partial charge is 0.229 e. The molecular formula is C7H16N4O4S2. The minimum atomic E-state index is -3.54. The smallest absolute Gasteiger partial charge is 0.212 e. The predicted molar refractivity (Wildman–Crippen MR) is 64.7 cm³/mol. The molecule has 0 saturated heterocycles. The van der Waals surface area contributed by atoms with E-state index in [1.54, 1.807) is 0 Å². The van der Waals surface area contributed by atoms with E-state index in [0.29, 0.717) is 19.4 Å². The third-order valence-electron chi connectivity index (χ3n) is 1.79. The van der Waals surface area contributed by atoms with Crippen LogP contribution in [0, 0.1) is 0 Å². The van der Waals surface area contributed by atoms with Crippen molar-refractivity contribution < 1.29 is 16.8 Å². The third-order valence-corrected chi connectivity index (χ3v) is 4.38. The summed E-state index contributed by atoms with van der Waals surface area (Å²) in [4.78, 5) is 2.56. The Hall–Kier alpha value is -0.830. The fourth-order valence-electron chi connectivity index (χ4n) is 0.913. The zero-order valence-electron chi connectivity index (χ0n) is 9.53. The molecule has 8 nitrogen and oxygen atoms in total. The van der Waals surface area contributed by atoms with Crippen LogP contribution in [0.15, 0.2) is 5.11 Å². The summed E-state index contributed by atoms with van der Waals surface area (Å²) in [5, 5.41) is 3.30. The molecule has 0 rings (SSSR count). The maximum absolute atomic E-state index is 11.3. The minimum absolute atomic E-state index is 0.215. The molecule has 0 atom stereocenters. The molecule has 17 heavy (non-hydrogen) atoms. The molecule has 0 aromatic rings. The molecule has 0 bridgehead atoms. The first-order valence-electron chi connectivity index (χ1n) is 4.93. The van der Waals surface area contributed by atoms with Gasteiger partial charge in [0, 0.05) is 24.3 Å². The van der Waals surface area contributed by atoms with Crippen molar-refractivity contribution in [2.45, 2.75) is 12.8 Å². The molecule has 0 aliphatic carbocycles. The SMILES string of the molecule is CS(=O)(=O)CCS(=O)(=O)NCCCCN=[N+]=[N-]. The monoisotopic (exact) mass is 284 g/mol. The van der Waals surface area contributed by atoms with Crippen LogP contribution in [0.1, 0.15) is 12.8 Å². The molecular weight excluding hydrogens is 268 g/mol. The molecule has 0 aromatic carbocycles. The Morgan fingerprint density at radius 1 is 1.18 bits per heavy atom. The Kier molecular flexibility index (Phi) is 7.12. The van der Waals surface area contributed by atoms with Crippen LogP contribution in [0.2, 0.25) is 0 Å². The number of hydrogen-bond acceptors (Lipinski definition) is 5. The molecule has 0 aromatic heterocycles. The standard InChI is InChI=1S/C7H16N4O4S2/c1-16(12,13)6-7-17(14,15)10-5-3-2-4-9-11-8/h10H,2-7H2,1H3. The topological polar surface area (TPSA) is 129 Å². The van der Waals surface area contributed by atoms with Crippen molar-refractivity contribution in [3.63, 3.8) is 0 Å². The fourth-order valence-corrected chi connectivity index (χ4v) is 3.60. The van der Waals surface area contributed by atoms with Crippen LogP contribution in [0.3, 0.4) is 0 Å². The molecule has 0 unspecified atom stereocenters. The first-order chi connectivity index (χ1) is 7.77. The van der Waals surface area contributed by atoms with Crippen molar-refractivity contribution in [3.05, 3.63) is 10.4 Å². The summed E-state index contributed by atoms with van der Waals surface area (Å²) >= 11 is 0. The Morgan fingerprint density at radius 3 is 2.35 bits per heavy atom. The van der Waals surface area contributed by atoms with E-state index in [1.165, 1.54) is 0 Å². The van der Waals surface area contributed by atoms with E-state index in [4.69, 9.17) is 5.53 Å². The first-order valence-corrected chi connectivity index (χ1v) is 8.64. The lowest BCUT2D eigenvalue weighted by Crippen LogP contribution is -2.30. The second-order valence-electron chi connectivity index (χ2n) is 3.50. The Morgan fingerprint density at radius 2 is 1.82 bits per heavy atom. The molecule has 0 radical (unpaired) electrons. The summed E-state index contributed by atoms with van der Waals surface area (Å²) in [6.45, 7) is 0.536. The minimum Gasteiger partial charge on any atom is -0.229 e. The van der Waals surface area contributed by atoms with E-state index >= 15 is 0 Å². The van der Waals surface area contributed by atoms with Crippen LogP contribution in [-0.2, 0) is 19.9 Å². The molecule has 0 saturated carbocycles. The van der Waals surface area contributed by atoms with Crippen LogP contribution in [0.5, 0.6) is 0 Å². The second-order valence-corrected chi connectivity index (χ2v) is 7.69. The van der Waals surface area contributed by atoms with E-state index < -0.39 is 25.6 Å². The van der Waals surface area contributed by atoms with Crippen LogP contribution in [0.25, 0.3) is 10.4 Å². The van der Waals surface area contributed by atoms with Gasteiger partial charge < -0.3 is 0 Å². The van der Waals surface area contributed by atoms with Gasteiger partial charge in [0.05, 0.1) is 11.5 Å². The Bertz CT molecular complexity index is 464. The van der Waals surface area contributed by atoms with Gasteiger partial charge in [-0.15, -0.1) is 0 Å². The number of sulfone groups is 1. The van der Waals surface area contributed by atoms with Crippen LogP contribution >= 0.6 is 0 Å². The van der Waals surface area contributed by atoms with Gasteiger partial charge in [-0.25, -0.2) is 21.6 Å². The van der Waals surface area contributed by atoms with Crippen molar-refractivity contribution >= 4 is 19.9 Å². The summed E-state index contributed by atoms with van der Waals surface area (Å²) < 4.78 is 46.5. The normalized spacial score (nSPS) is 12.1. The highest BCUT2D eigenvalue weighted by Crippen LogP contribution is 1.93. The first kappa shape index (κ1) is 16.2. The summed E-state index contributed by atoms with van der Waals surface area (Å²) in [6, 6.07) is 0. The number of hydrogen-bond donors (Lipinski definition) is 1. The summed E-state index contributed by atoms with van der Waals surface area (Å²) in [5.74, 6) is -0.816. The van der Waals surface area contributed by atoms with Crippen molar-refractivity contribution in [2.24, 2.45) is 5.11 Å². The second kappa shape index (κ2) is 7.49. The molecule has 0 heterocycles. The van der Waals surface area contributed by atoms with Gasteiger partial charge in [-0.3, -0.25) is 0 Å². The number of nitrogens with zero attached hydrogens (tertiary/aromatic N) is 3. The maximum atomic E-state index is 11.3. The molecule has 10 heteroatoms. The lowest BCUT2D eigenvalue weighted by Gasteiger charge is -2.05. The van der Waals surface area contributed by atoms with E-state index in [0.717, 1.165) is 6.26 Å². The summed E-state index contributed by atoms with van der Waals surface area (Å²) in [5.41, 5.74) is 7.99. The molecule has 0 aliphatic heterocycles. The molecule has 0 aliphatic rings. The number of unbranched alkanes of at least 4 members (excludes halogenated alkanes) is 1. The summed E-state index contributed by atoms with van der Waals surface area (Å²) in [7, 11) is -6.81. The van der Waals surface area contributed by atoms with Crippen molar-refractivity contribution in [2.75, 3.05) is 30.9 Å². The third kappa shape index (κ3) is 11.4. The average Bonchev–Trinajstić information content (AvgIpc) is 2.20. The van der Waals surface area contributed by atoms with E-state index in [2.05, 4.69) is 14.7 Å².